The average Bonchev–Trinajstić information content (AvgIpc) is 3.25. The molecular formula is C29H40FNO2. The Kier molecular flexibility index (Phi) is 10.7. The summed E-state index contributed by atoms with van der Waals surface area (Å²) in [4.78, 5) is 4.69. The number of hydrogen-bond acceptors (Lipinski definition) is 3. The molecule has 0 aliphatic heterocycles. The van der Waals surface area contributed by atoms with E-state index < -0.39 is 6.17 Å². The number of halogens is 1. The minimum atomic E-state index is -0.896. The standard InChI is InChI=1S/C29H40FNO2/c1-3-5-7-9-13-24(21-29-31-27-15-11-12-16-28(27)33-29)23-17-19-26(20-18-23)32-22-25(30)14-10-8-6-4-2/h11-12,15-20,24-25H,3-10,13-14,21-22H2,1-2H3. The number of nitrogens with zero attached hydrogens (tertiary/aromatic N) is 1. The smallest absolute Gasteiger partial charge is 0.196 e. The average molecular weight is 454 g/mol. The summed E-state index contributed by atoms with van der Waals surface area (Å²) in [7, 11) is 0. The number of aromatic nitrogens is 1. The summed E-state index contributed by atoms with van der Waals surface area (Å²) < 4.78 is 25.8. The van der Waals surface area contributed by atoms with Crippen molar-refractivity contribution in [3.05, 3.63) is 60.0 Å². The summed E-state index contributed by atoms with van der Waals surface area (Å²) in [5, 5.41) is 0. The molecule has 1 heterocycles. The van der Waals surface area contributed by atoms with Crippen LogP contribution in [0.3, 0.4) is 0 Å². The van der Waals surface area contributed by atoms with Crippen molar-refractivity contribution in [1.82, 2.24) is 4.98 Å². The van der Waals surface area contributed by atoms with E-state index in [2.05, 4.69) is 26.0 Å². The van der Waals surface area contributed by atoms with E-state index in [4.69, 9.17) is 14.1 Å². The zero-order chi connectivity index (χ0) is 23.3. The molecule has 0 fully saturated rings. The van der Waals surface area contributed by atoms with Crippen molar-refractivity contribution in [3.63, 3.8) is 0 Å². The van der Waals surface area contributed by atoms with Crippen molar-refractivity contribution in [3.8, 4) is 5.75 Å². The molecule has 0 saturated heterocycles. The maximum absolute atomic E-state index is 14.1. The second-order valence-electron chi connectivity index (χ2n) is 9.15. The van der Waals surface area contributed by atoms with E-state index in [1.54, 1.807) is 0 Å². The van der Waals surface area contributed by atoms with E-state index in [9.17, 15) is 4.39 Å². The van der Waals surface area contributed by atoms with Gasteiger partial charge in [-0.05, 0) is 48.6 Å². The van der Waals surface area contributed by atoms with Gasteiger partial charge in [-0.2, -0.15) is 0 Å². The Labute approximate surface area is 198 Å². The molecule has 0 aliphatic carbocycles. The normalized spacial score (nSPS) is 13.3. The lowest BCUT2D eigenvalue weighted by atomic mass is 9.90. The number of hydrogen-bond donors (Lipinski definition) is 0. The van der Waals surface area contributed by atoms with E-state index in [-0.39, 0.29) is 6.61 Å². The Hall–Kier alpha value is -2.36. The summed E-state index contributed by atoms with van der Waals surface area (Å²) in [6, 6.07) is 16.1. The Morgan fingerprint density at radius 3 is 2.24 bits per heavy atom. The lowest BCUT2D eigenvalue weighted by molar-refractivity contribution is 0.184. The third-order valence-corrected chi connectivity index (χ3v) is 6.32. The molecule has 3 aromatic rings. The molecule has 0 saturated carbocycles. The quantitative estimate of drug-likeness (QED) is 0.203. The first-order valence-electron chi connectivity index (χ1n) is 12.9. The molecule has 0 aliphatic rings. The fraction of sp³-hybridized carbons (Fsp3) is 0.552. The second kappa shape index (κ2) is 14.0. The van der Waals surface area contributed by atoms with Crippen LogP contribution >= 0.6 is 0 Å². The SMILES string of the molecule is CCCCCCC(F)COc1ccc(C(CCCCCC)Cc2nc3ccccc3o2)cc1. The van der Waals surface area contributed by atoms with E-state index >= 15 is 0 Å². The molecule has 0 spiro atoms. The largest absolute Gasteiger partial charge is 0.491 e. The van der Waals surface area contributed by atoms with Crippen LogP contribution in [-0.4, -0.2) is 17.8 Å². The van der Waals surface area contributed by atoms with E-state index in [1.807, 2.05) is 36.4 Å². The fourth-order valence-electron chi connectivity index (χ4n) is 4.32. The molecule has 3 rings (SSSR count). The number of benzene rings is 2. The van der Waals surface area contributed by atoms with Crippen molar-refractivity contribution in [1.29, 1.82) is 0 Å². The Balaban J connectivity index is 1.58. The van der Waals surface area contributed by atoms with Crippen LogP contribution in [0.15, 0.2) is 52.9 Å². The summed E-state index contributed by atoms with van der Waals surface area (Å²) in [5.74, 6) is 1.87. The van der Waals surface area contributed by atoms with Crippen molar-refractivity contribution < 1.29 is 13.5 Å². The van der Waals surface area contributed by atoms with Gasteiger partial charge in [-0.3, -0.25) is 0 Å². The first-order chi connectivity index (χ1) is 16.2. The summed E-state index contributed by atoms with van der Waals surface area (Å²) >= 11 is 0. The van der Waals surface area contributed by atoms with Gasteiger partial charge >= 0.3 is 0 Å². The maximum atomic E-state index is 14.1. The molecule has 2 aromatic carbocycles. The van der Waals surface area contributed by atoms with Crippen LogP contribution in [0.5, 0.6) is 5.75 Å². The molecule has 4 heteroatoms. The van der Waals surface area contributed by atoms with Crippen LogP contribution in [0.2, 0.25) is 0 Å². The summed E-state index contributed by atoms with van der Waals surface area (Å²) in [5.41, 5.74) is 3.02. The van der Waals surface area contributed by atoms with Crippen LogP contribution in [0.4, 0.5) is 4.39 Å². The summed E-state index contributed by atoms with van der Waals surface area (Å²) in [6.45, 7) is 4.54. The predicted octanol–water partition coefficient (Wildman–Crippen LogP) is 8.81. The Morgan fingerprint density at radius 1 is 0.848 bits per heavy atom. The number of fused-ring (bicyclic) bond motifs is 1. The molecular weight excluding hydrogens is 413 g/mol. The monoisotopic (exact) mass is 453 g/mol. The van der Waals surface area contributed by atoms with E-state index in [0.717, 1.165) is 48.4 Å². The Morgan fingerprint density at radius 2 is 1.55 bits per heavy atom. The highest BCUT2D eigenvalue weighted by molar-refractivity contribution is 5.72. The topological polar surface area (TPSA) is 35.3 Å². The lowest BCUT2D eigenvalue weighted by Gasteiger charge is -2.17. The van der Waals surface area contributed by atoms with Gasteiger partial charge in [0, 0.05) is 6.42 Å². The van der Waals surface area contributed by atoms with Gasteiger partial charge < -0.3 is 9.15 Å². The second-order valence-corrected chi connectivity index (χ2v) is 9.15. The number of rotatable bonds is 16. The fourth-order valence-corrected chi connectivity index (χ4v) is 4.32. The van der Waals surface area contributed by atoms with Gasteiger partial charge in [0.1, 0.15) is 24.0 Å². The van der Waals surface area contributed by atoms with Crippen LogP contribution in [-0.2, 0) is 6.42 Å². The van der Waals surface area contributed by atoms with Crippen molar-refractivity contribution >= 4 is 11.1 Å². The predicted molar refractivity (Wildman–Crippen MR) is 135 cm³/mol. The van der Waals surface area contributed by atoms with Crippen LogP contribution in [0, 0.1) is 0 Å². The minimum Gasteiger partial charge on any atom is -0.491 e. The highest BCUT2D eigenvalue weighted by Crippen LogP contribution is 2.29. The van der Waals surface area contributed by atoms with Gasteiger partial charge in [0.25, 0.3) is 0 Å². The van der Waals surface area contributed by atoms with Crippen molar-refractivity contribution in [2.45, 2.75) is 96.6 Å². The molecule has 180 valence electrons. The van der Waals surface area contributed by atoms with Crippen LogP contribution in [0.1, 0.15) is 95.4 Å². The van der Waals surface area contributed by atoms with Crippen LogP contribution < -0.4 is 4.74 Å². The van der Waals surface area contributed by atoms with Crippen LogP contribution in [0.25, 0.3) is 11.1 Å². The van der Waals surface area contributed by atoms with E-state index in [1.165, 1.54) is 44.1 Å². The van der Waals surface area contributed by atoms with Crippen molar-refractivity contribution in [2.24, 2.45) is 0 Å². The molecule has 2 atom stereocenters. The number of alkyl halides is 1. The third-order valence-electron chi connectivity index (χ3n) is 6.32. The number of oxazole rings is 1. The Bertz CT molecular complexity index is 888. The van der Waals surface area contributed by atoms with Gasteiger partial charge in [0.15, 0.2) is 11.5 Å². The zero-order valence-electron chi connectivity index (χ0n) is 20.4. The van der Waals surface area contributed by atoms with Crippen molar-refractivity contribution in [2.75, 3.05) is 6.61 Å². The maximum Gasteiger partial charge on any atom is 0.196 e. The number of unbranched alkanes of at least 4 members (excludes halogenated alkanes) is 6. The first-order valence-corrected chi connectivity index (χ1v) is 12.9. The number of para-hydroxylation sites is 2. The molecule has 33 heavy (non-hydrogen) atoms. The number of ether oxygens (including phenoxy) is 1. The first kappa shape index (κ1) is 25.3. The molecule has 1 aromatic heterocycles. The van der Waals surface area contributed by atoms with Gasteiger partial charge in [-0.1, -0.05) is 89.5 Å². The third kappa shape index (κ3) is 8.49. The zero-order valence-corrected chi connectivity index (χ0v) is 20.4. The van der Waals surface area contributed by atoms with Gasteiger partial charge in [-0.25, -0.2) is 9.37 Å². The summed E-state index contributed by atoms with van der Waals surface area (Å²) in [6.07, 6.45) is 10.9. The minimum absolute atomic E-state index is 0.134. The highest BCUT2D eigenvalue weighted by atomic mass is 19.1. The molecule has 0 N–H and O–H groups in total. The molecule has 0 amide bonds. The highest BCUT2D eigenvalue weighted by Gasteiger charge is 2.17. The molecule has 3 nitrogen and oxygen atoms in total. The van der Waals surface area contributed by atoms with Gasteiger partial charge in [0.2, 0.25) is 0 Å². The lowest BCUT2D eigenvalue weighted by Crippen LogP contribution is -2.13. The van der Waals surface area contributed by atoms with Gasteiger partial charge in [0.05, 0.1) is 0 Å². The van der Waals surface area contributed by atoms with Gasteiger partial charge in [-0.15, -0.1) is 0 Å². The van der Waals surface area contributed by atoms with E-state index in [0.29, 0.717) is 12.3 Å². The molecule has 2 unspecified atom stereocenters. The molecule has 0 radical (unpaired) electrons. The molecule has 0 bridgehead atoms.